The quantitative estimate of drug-likeness (QED) is 0.449. The molecule has 0 heterocycles. The van der Waals surface area contributed by atoms with Crippen LogP contribution in [-0.4, -0.2) is 28.1 Å². The van der Waals surface area contributed by atoms with Crippen molar-refractivity contribution in [2.24, 2.45) is 0 Å². The molecule has 7 nitrogen and oxygen atoms in total. The maximum absolute atomic E-state index is 11.9. The van der Waals surface area contributed by atoms with Crippen molar-refractivity contribution in [2.45, 2.75) is 32.1 Å². The van der Waals surface area contributed by atoms with Crippen molar-refractivity contribution in [1.29, 1.82) is 0 Å². The molecule has 0 unspecified atom stereocenters. The molecule has 2 aromatic carbocycles. The Morgan fingerprint density at radius 2 is 1.48 bits per heavy atom. The number of hydrogen-bond acceptors (Lipinski definition) is 4. The maximum atomic E-state index is 11.9. The molecule has 0 saturated carbocycles. The number of amides is 1. The van der Waals surface area contributed by atoms with Crippen LogP contribution in [0.5, 0.6) is 11.5 Å². The van der Waals surface area contributed by atoms with Gasteiger partial charge in [-0.1, -0.05) is 23.2 Å². The van der Waals surface area contributed by atoms with E-state index in [9.17, 15) is 14.4 Å². The Morgan fingerprint density at radius 3 is 2.03 bits per heavy atom. The second-order valence-electron chi connectivity index (χ2n) is 6.23. The van der Waals surface area contributed by atoms with Crippen molar-refractivity contribution in [3.05, 3.63) is 52.0 Å². The average molecular weight is 440 g/mol. The molecule has 0 spiro atoms. The number of aliphatic carboxylic acids is 2. The predicted octanol–water partition coefficient (Wildman–Crippen LogP) is 5.00. The van der Waals surface area contributed by atoms with Gasteiger partial charge in [0.15, 0.2) is 5.75 Å². The zero-order chi connectivity index (χ0) is 21.4. The highest BCUT2D eigenvalue weighted by molar-refractivity contribution is 6.37. The van der Waals surface area contributed by atoms with Crippen LogP contribution < -0.4 is 10.1 Å². The van der Waals surface area contributed by atoms with Crippen LogP contribution in [0.4, 0.5) is 5.69 Å². The van der Waals surface area contributed by atoms with Gasteiger partial charge in [0.2, 0.25) is 5.91 Å². The van der Waals surface area contributed by atoms with E-state index in [2.05, 4.69) is 5.32 Å². The van der Waals surface area contributed by atoms with E-state index >= 15 is 0 Å². The fourth-order valence-corrected chi connectivity index (χ4v) is 3.11. The molecule has 29 heavy (non-hydrogen) atoms. The molecule has 9 heteroatoms. The molecule has 0 atom stereocenters. The third-order valence-electron chi connectivity index (χ3n) is 3.82. The Labute approximate surface area is 177 Å². The number of carbonyl (C=O) groups is 3. The van der Waals surface area contributed by atoms with Gasteiger partial charge < -0.3 is 20.3 Å². The molecule has 154 valence electrons. The highest BCUT2D eigenvalue weighted by atomic mass is 35.5. The number of carbonyl (C=O) groups excluding carboxylic acids is 1. The summed E-state index contributed by atoms with van der Waals surface area (Å²) in [4.78, 5) is 33.1. The molecule has 2 rings (SSSR count). The molecule has 3 N–H and O–H groups in total. The molecule has 0 bridgehead atoms. The van der Waals surface area contributed by atoms with Gasteiger partial charge in [0.1, 0.15) is 5.75 Å². The Hall–Kier alpha value is -2.77. The SMILES string of the molecule is O=C(O)CCCCC(=O)Nc1ccc(Oc2c(Cl)cc(CC(=O)O)cc2Cl)cc1. The normalized spacial score (nSPS) is 10.4. The van der Waals surface area contributed by atoms with Crippen LogP contribution in [0, 0.1) is 0 Å². The number of carboxylic acid groups (broad SMARTS) is 2. The van der Waals surface area contributed by atoms with Crippen LogP contribution in [0.3, 0.4) is 0 Å². The van der Waals surface area contributed by atoms with E-state index in [0.29, 0.717) is 29.8 Å². The zero-order valence-electron chi connectivity index (χ0n) is 15.3. The summed E-state index contributed by atoms with van der Waals surface area (Å²) < 4.78 is 5.68. The van der Waals surface area contributed by atoms with Gasteiger partial charge in [-0.3, -0.25) is 14.4 Å². The standard InChI is InChI=1S/C20H19Cl2NO6/c21-15-9-12(11-19(27)28)10-16(22)20(15)29-14-7-5-13(6-8-14)23-17(24)3-1-2-4-18(25)26/h5-10H,1-4,11H2,(H,23,24)(H,25,26)(H,27,28). The van der Waals surface area contributed by atoms with Crippen LogP contribution in [0.2, 0.25) is 10.0 Å². The number of rotatable bonds is 10. The summed E-state index contributed by atoms with van der Waals surface area (Å²) in [6, 6.07) is 9.50. The first-order chi connectivity index (χ1) is 13.7. The summed E-state index contributed by atoms with van der Waals surface area (Å²) in [6.45, 7) is 0. The lowest BCUT2D eigenvalue weighted by molar-refractivity contribution is -0.137. The number of anilines is 1. The Bertz CT molecular complexity index is 875. The number of hydrogen-bond donors (Lipinski definition) is 3. The van der Waals surface area contributed by atoms with E-state index in [0.717, 1.165) is 0 Å². The summed E-state index contributed by atoms with van der Waals surface area (Å²) in [7, 11) is 0. The summed E-state index contributed by atoms with van der Waals surface area (Å²) in [6.07, 6.45) is 1.02. The van der Waals surface area contributed by atoms with Crippen molar-refractivity contribution in [1.82, 2.24) is 0 Å². The first-order valence-corrected chi connectivity index (χ1v) is 9.49. The molecular formula is C20H19Cl2NO6. The second-order valence-corrected chi connectivity index (χ2v) is 7.05. The van der Waals surface area contributed by atoms with E-state index in [1.165, 1.54) is 12.1 Å². The second kappa shape index (κ2) is 10.7. The molecule has 0 aliphatic rings. The smallest absolute Gasteiger partial charge is 0.307 e. The Kier molecular flexibility index (Phi) is 8.30. The maximum Gasteiger partial charge on any atom is 0.307 e. The Morgan fingerprint density at radius 1 is 0.897 bits per heavy atom. The molecule has 1 amide bonds. The summed E-state index contributed by atoms with van der Waals surface area (Å²) >= 11 is 12.3. The number of benzene rings is 2. The largest absolute Gasteiger partial charge is 0.481 e. The topological polar surface area (TPSA) is 113 Å². The minimum Gasteiger partial charge on any atom is -0.481 e. The van der Waals surface area contributed by atoms with Gasteiger partial charge in [-0.25, -0.2) is 0 Å². The molecule has 0 saturated heterocycles. The molecule has 0 fully saturated rings. The van der Waals surface area contributed by atoms with Crippen LogP contribution in [0.15, 0.2) is 36.4 Å². The highest BCUT2D eigenvalue weighted by Gasteiger charge is 2.13. The summed E-state index contributed by atoms with van der Waals surface area (Å²) in [5.41, 5.74) is 1.02. The third kappa shape index (κ3) is 7.63. The Balaban J connectivity index is 1.94. The number of nitrogens with one attached hydrogen (secondary N) is 1. The molecule has 0 radical (unpaired) electrons. The van der Waals surface area contributed by atoms with Gasteiger partial charge in [-0.15, -0.1) is 0 Å². The number of carboxylic acids is 2. The molecule has 0 aliphatic heterocycles. The minimum atomic E-state index is -0.995. The molecule has 0 aromatic heterocycles. The van der Waals surface area contributed by atoms with Crippen molar-refractivity contribution < 1.29 is 29.3 Å². The van der Waals surface area contributed by atoms with Gasteiger partial charge >= 0.3 is 11.9 Å². The van der Waals surface area contributed by atoms with E-state index < -0.39 is 11.9 Å². The van der Waals surface area contributed by atoms with Gasteiger partial charge in [0.25, 0.3) is 0 Å². The fraction of sp³-hybridized carbons (Fsp3) is 0.250. The lowest BCUT2D eigenvalue weighted by Crippen LogP contribution is -2.11. The minimum absolute atomic E-state index is 0.0434. The molecule has 2 aromatic rings. The number of ether oxygens (including phenoxy) is 1. The van der Waals surface area contributed by atoms with Crippen molar-refractivity contribution in [2.75, 3.05) is 5.32 Å². The van der Waals surface area contributed by atoms with E-state index in [1.54, 1.807) is 24.3 Å². The number of unbranched alkanes of at least 4 members (excludes halogenated alkanes) is 1. The number of halogens is 2. The summed E-state index contributed by atoms with van der Waals surface area (Å²) in [5.74, 6) is -1.44. The summed E-state index contributed by atoms with van der Waals surface area (Å²) in [5, 5.41) is 20.5. The monoisotopic (exact) mass is 439 g/mol. The van der Waals surface area contributed by atoms with Gasteiger partial charge in [0.05, 0.1) is 16.5 Å². The zero-order valence-corrected chi connectivity index (χ0v) is 16.8. The van der Waals surface area contributed by atoms with Crippen LogP contribution in [-0.2, 0) is 20.8 Å². The van der Waals surface area contributed by atoms with E-state index in [-0.39, 0.29) is 41.0 Å². The van der Waals surface area contributed by atoms with Crippen LogP contribution >= 0.6 is 23.2 Å². The van der Waals surface area contributed by atoms with E-state index in [4.69, 9.17) is 38.2 Å². The molecular weight excluding hydrogens is 421 g/mol. The lowest BCUT2D eigenvalue weighted by Gasteiger charge is -2.12. The van der Waals surface area contributed by atoms with Gasteiger partial charge in [0, 0.05) is 18.5 Å². The van der Waals surface area contributed by atoms with Crippen LogP contribution in [0.1, 0.15) is 31.2 Å². The van der Waals surface area contributed by atoms with Gasteiger partial charge in [-0.2, -0.15) is 0 Å². The van der Waals surface area contributed by atoms with Gasteiger partial charge in [-0.05, 0) is 54.8 Å². The van der Waals surface area contributed by atoms with Crippen LogP contribution in [0.25, 0.3) is 0 Å². The highest BCUT2D eigenvalue weighted by Crippen LogP contribution is 2.37. The fourth-order valence-electron chi connectivity index (χ4n) is 2.50. The lowest BCUT2D eigenvalue weighted by atomic mass is 10.1. The predicted molar refractivity (Wildman–Crippen MR) is 109 cm³/mol. The first-order valence-electron chi connectivity index (χ1n) is 8.74. The average Bonchev–Trinajstić information content (AvgIpc) is 2.62. The van der Waals surface area contributed by atoms with Crippen molar-refractivity contribution in [3.8, 4) is 11.5 Å². The van der Waals surface area contributed by atoms with E-state index in [1.807, 2.05) is 0 Å². The van der Waals surface area contributed by atoms with Crippen molar-refractivity contribution in [3.63, 3.8) is 0 Å². The third-order valence-corrected chi connectivity index (χ3v) is 4.38. The van der Waals surface area contributed by atoms with Crippen molar-refractivity contribution >= 4 is 46.7 Å². The first kappa shape index (κ1) is 22.5. The molecule has 0 aliphatic carbocycles.